The number of hydrogen-bond acceptors (Lipinski definition) is 4. The largest absolute Gasteiger partial charge is 0.343 e. The highest BCUT2D eigenvalue weighted by atomic mass is 32.2. The number of nitrogens with zero attached hydrogens (tertiary/aromatic N) is 2. The Labute approximate surface area is 92.6 Å². The third-order valence-corrected chi connectivity index (χ3v) is 3.86. The van der Waals surface area contributed by atoms with Gasteiger partial charge in [-0.15, -0.1) is 5.10 Å². The van der Waals surface area contributed by atoms with E-state index in [1.54, 1.807) is 16.3 Å². The van der Waals surface area contributed by atoms with Crippen LogP contribution >= 0.6 is 11.8 Å². The van der Waals surface area contributed by atoms with Crippen LogP contribution in [0.15, 0.2) is 9.95 Å². The Balaban J connectivity index is 1.95. The normalized spacial score (nSPS) is 21.0. The molecule has 0 aromatic carbocycles. The van der Waals surface area contributed by atoms with Crippen molar-refractivity contribution in [3.05, 3.63) is 10.5 Å². The van der Waals surface area contributed by atoms with Crippen LogP contribution in [-0.4, -0.2) is 33.6 Å². The van der Waals surface area contributed by atoms with Gasteiger partial charge in [0.15, 0.2) is 5.16 Å². The van der Waals surface area contributed by atoms with Gasteiger partial charge in [0.2, 0.25) is 0 Å². The number of aromatic amines is 1. The average molecular weight is 228 g/mol. The summed E-state index contributed by atoms with van der Waals surface area (Å²) in [6.45, 7) is 4.85. The van der Waals surface area contributed by atoms with E-state index in [1.165, 1.54) is 6.42 Å². The molecule has 1 fully saturated rings. The Morgan fingerprint density at radius 3 is 3.20 bits per heavy atom. The summed E-state index contributed by atoms with van der Waals surface area (Å²) in [4.78, 5) is 11.3. The van der Waals surface area contributed by atoms with E-state index >= 15 is 0 Å². The molecular formula is C9H16N4OS. The molecule has 2 rings (SSSR count). The molecule has 5 nitrogen and oxygen atoms in total. The molecular weight excluding hydrogens is 212 g/mol. The first kappa shape index (κ1) is 10.8. The average Bonchev–Trinajstić information content (AvgIpc) is 2.84. The first-order valence-electron chi connectivity index (χ1n) is 5.30. The van der Waals surface area contributed by atoms with Gasteiger partial charge < -0.3 is 5.32 Å². The van der Waals surface area contributed by atoms with Gasteiger partial charge in [0.1, 0.15) is 0 Å². The zero-order chi connectivity index (χ0) is 10.7. The fourth-order valence-electron chi connectivity index (χ4n) is 1.74. The van der Waals surface area contributed by atoms with Gasteiger partial charge in [0, 0.05) is 12.3 Å². The minimum Gasteiger partial charge on any atom is -0.316 e. The van der Waals surface area contributed by atoms with Gasteiger partial charge in [-0.1, -0.05) is 11.8 Å². The zero-order valence-electron chi connectivity index (χ0n) is 8.82. The maximum absolute atomic E-state index is 11.3. The van der Waals surface area contributed by atoms with Crippen LogP contribution < -0.4 is 11.0 Å². The quantitative estimate of drug-likeness (QED) is 0.727. The molecule has 1 aliphatic rings. The maximum atomic E-state index is 11.3. The predicted octanol–water partition coefficient (Wildman–Crippen LogP) is 0.293. The van der Waals surface area contributed by atoms with Crippen molar-refractivity contribution in [1.82, 2.24) is 20.1 Å². The fraction of sp³-hybridized carbons (Fsp3) is 0.778. The minimum atomic E-state index is -0.107. The molecule has 0 radical (unpaired) electrons. The lowest BCUT2D eigenvalue weighted by Crippen LogP contribution is -2.16. The molecule has 1 unspecified atom stereocenters. The second-order valence-electron chi connectivity index (χ2n) is 3.73. The van der Waals surface area contributed by atoms with Gasteiger partial charge in [-0.25, -0.2) is 9.89 Å². The predicted molar refractivity (Wildman–Crippen MR) is 60.2 cm³/mol. The van der Waals surface area contributed by atoms with Gasteiger partial charge >= 0.3 is 5.69 Å². The van der Waals surface area contributed by atoms with Gasteiger partial charge in [-0.2, -0.15) is 0 Å². The monoisotopic (exact) mass is 228 g/mol. The summed E-state index contributed by atoms with van der Waals surface area (Å²) in [7, 11) is 0. The Morgan fingerprint density at radius 2 is 2.53 bits per heavy atom. The summed E-state index contributed by atoms with van der Waals surface area (Å²) in [6.07, 6.45) is 1.23. The summed E-state index contributed by atoms with van der Waals surface area (Å²) in [5.41, 5.74) is -0.107. The Bertz CT molecular complexity index is 366. The van der Waals surface area contributed by atoms with Crippen molar-refractivity contribution < 1.29 is 0 Å². The van der Waals surface area contributed by atoms with Crippen LogP contribution in [0.3, 0.4) is 0 Å². The third-order valence-electron chi connectivity index (χ3n) is 2.65. The molecule has 0 saturated carbocycles. The first-order chi connectivity index (χ1) is 7.31. The molecule has 1 saturated heterocycles. The molecule has 0 bridgehead atoms. The highest BCUT2D eigenvalue weighted by Crippen LogP contribution is 2.20. The van der Waals surface area contributed by atoms with Crippen molar-refractivity contribution in [2.75, 3.05) is 18.8 Å². The van der Waals surface area contributed by atoms with Crippen LogP contribution in [0.2, 0.25) is 0 Å². The second kappa shape index (κ2) is 4.85. The molecule has 2 heterocycles. The highest BCUT2D eigenvalue weighted by Gasteiger charge is 2.16. The van der Waals surface area contributed by atoms with Crippen LogP contribution in [0, 0.1) is 5.92 Å². The topological polar surface area (TPSA) is 62.7 Å². The Morgan fingerprint density at radius 1 is 1.67 bits per heavy atom. The molecule has 1 atom stereocenters. The molecule has 2 N–H and O–H groups in total. The summed E-state index contributed by atoms with van der Waals surface area (Å²) < 4.78 is 1.67. The van der Waals surface area contributed by atoms with Gasteiger partial charge in [0.05, 0.1) is 0 Å². The first-order valence-corrected chi connectivity index (χ1v) is 6.28. The number of H-pyrrole nitrogens is 1. The number of hydrogen-bond donors (Lipinski definition) is 2. The SMILES string of the molecule is CCn1c(SCC2CCNC2)n[nH]c1=O. The molecule has 15 heavy (non-hydrogen) atoms. The zero-order valence-corrected chi connectivity index (χ0v) is 9.64. The molecule has 84 valence electrons. The smallest absolute Gasteiger partial charge is 0.316 e. The molecule has 1 aromatic rings. The standard InChI is InChI=1S/C9H16N4OS/c1-2-13-8(14)11-12-9(13)15-6-7-3-4-10-5-7/h7,10H,2-6H2,1H3,(H,11,14). The Kier molecular flexibility index (Phi) is 3.48. The minimum absolute atomic E-state index is 0.107. The third kappa shape index (κ3) is 2.43. The summed E-state index contributed by atoms with van der Waals surface area (Å²) in [5, 5.41) is 10.6. The van der Waals surface area contributed by atoms with Crippen LogP contribution in [0.1, 0.15) is 13.3 Å². The van der Waals surface area contributed by atoms with E-state index in [0.717, 1.165) is 24.0 Å². The van der Waals surface area contributed by atoms with Crippen LogP contribution in [0.4, 0.5) is 0 Å². The van der Waals surface area contributed by atoms with Gasteiger partial charge in [-0.05, 0) is 32.4 Å². The van der Waals surface area contributed by atoms with Gasteiger partial charge in [0.25, 0.3) is 0 Å². The summed E-state index contributed by atoms with van der Waals surface area (Å²) in [6, 6.07) is 0. The van der Waals surface area contributed by atoms with E-state index in [0.29, 0.717) is 12.5 Å². The summed E-state index contributed by atoms with van der Waals surface area (Å²) in [5.74, 6) is 1.75. The van der Waals surface area contributed by atoms with E-state index in [1.807, 2.05) is 6.92 Å². The van der Waals surface area contributed by atoms with E-state index < -0.39 is 0 Å². The fourth-order valence-corrected chi connectivity index (χ4v) is 2.89. The summed E-state index contributed by atoms with van der Waals surface area (Å²) >= 11 is 1.67. The Hall–Kier alpha value is -0.750. The van der Waals surface area contributed by atoms with E-state index in [4.69, 9.17) is 0 Å². The van der Waals surface area contributed by atoms with Crippen molar-refractivity contribution in [1.29, 1.82) is 0 Å². The van der Waals surface area contributed by atoms with Gasteiger partial charge in [-0.3, -0.25) is 4.57 Å². The highest BCUT2D eigenvalue weighted by molar-refractivity contribution is 7.99. The molecule has 0 aliphatic carbocycles. The molecule has 1 aliphatic heterocycles. The van der Waals surface area contributed by atoms with E-state index in [-0.39, 0.29) is 5.69 Å². The lowest BCUT2D eigenvalue weighted by molar-refractivity contribution is 0.644. The van der Waals surface area contributed by atoms with E-state index in [2.05, 4.69) is 15.5 Å². The second-order valence-corrected chi connectivity index (χ2v) is 4.71. The molecule has 0 spiro atoms. The lowest BCUT2D eigenvalue weighted by Gasteiger charge is -2.06. The number of nitrogens with one attached hydrogen (secondary N) is 2. The number of rotatable bonds is 4. The van der Waals surface area contributed by atoms with Crippen LogP contribution in [-0.2, 0) is 6.54 Å². The van der Waals surface area contributed by atoms with Crippen LogP contribution in [0.5, 0.6) is 0 Å². The van der Waals surface area contributed by atoms with Crippen molar-refractivity contribution in [2.24, 2.45) is 5.92 Å². The number of aromatic nitrogens is 3. The molecule has 6 heteroatoms. The number of thioether (sulfide) groups is 1. The molecule has 0 amide bonds. The maximum Gasteiger partial charge on any atom is 0.343 e. The van der Waals surface area contributed by atoms with E-state index in [9.17, 15) is 4.79 Å². The lowest BCUT2D eigenvalue weighted by atomic mass is 10.2. The van der Waals surface area contributed by atoms with Crippen molar-refractivity contribution in [3.8, 4) is 0 Å². The van der Waals surface area contributed by atoms with Crippen molar-refractivity contribution in [3.63, 3.8) is 0 Å². The van der Waals surface area contributed by atoms with Crippen molar-refractivity contribution in [2.45, 2.75) is 25.0 Å². The van der Waals surface area contributed by atoms with Crippen molar-refractivity contribution >= 4 is 11.8 Å². The van der Waals surface area contributed by atoms with Crippen LogP contribution in [0.25, 0.3) is 0 Å². The molecule has 1 aromatic heterocycles.